The highest BCUT2D eigenvalue weighted by Gasteiger charge is 2.20. The van der Waals surface area contributed by atoms with Crippen LogP contribution in [0.1, 0.15) is 38.2 Å². The molecule has 1 aromatic heterocycles. The zero-order valence-electron chi connectivity index (χ0n) is 10.6. The third-order valence-electron chi connectivity index (χ3n) is 2.29. The SMILES string of the molecule is CC(C)CN(C(=O)c1cnc(Cl)cn1)C(C)C. The van der Waals surface area contributed by atoms with Crippen LogP contribution >= 0.6 is 11.6 Å². The van der Waals surface area contributed by atoms with Crippen molar-refractivity contribution in [3.63, 3.8) is 0 Å². The number of nitrogens with zero attached hydrogens (tertiary/aromatic N) is 3. The van der Waals surface area contributed by atoms with Crippen molar-refractivity contribution in [2.45, 2.75) is 33.7 Å². The molecule has 1 heterocycles. The molecule has 4 nitrogen and oxygen atoms in total. The normalized spacial score (nSPS) is 11.0. The summed E-state index contributed by atoms with van der Waals surface area (Å²) in [6, 6.07) is 0.141. The van der Waals surface area contributed by atoms with Crippen LogP contribution in [0.25, 0.3) is 0 Å². The Bertz CT molecular complexity index is 376. The summed E-state index contributed by atoms with van der Waals surface area (Å²) >= 11 is 5.64. The first-order valence-corrected chi connectivity index (χ1v) is 6.08. The first-order valence-electron chi connectivity index (χ1n) is 5.70. The maximum absolute atomic E-state index is 12.2. The molecule has 0 N–H and O–H groups in total. The van der Waals surface area contributed by atoms with Gasteiger partial charge in [-0.15, -0.1) is 0 Å². The minimum absolute atomic E-state index is 0.0992. The monoisotopic (exact) mass is 255 g/mol. The van der Waals surface area contributed by atoms with Gasteiger partial charge in [0.2, 0.25) is 0 Å². The Labute approximate surface area is 107 Å². The number of halogens is 1. The molecule has 0 unspecified atom stereocenters. The summed E-state index contributed by atoms with van der Waals surface area (Å²) in [5, 5.41) is 0.293. The van der Waals surface area contributed by atoms with Crippen LogP contribution in [-0.2, 0) is 0 Å². The van der Waals surface area contributed by atoms with Crippen LogP contribution in [0.15, 0.2) is 12.4 Å². The van der Waals surface area contributed by atoms with Gasteiger partial charge in [0, 0.05) is 12.6 Å². The van der Waals surface area contributed by atoms with E-state index in [-0.39, 0.29) is 11.9 Å². The zero-order valence-corrected chi connectivity index (χ0v) is 11.4. The molecule has 0 atom stereocenters. The molecule has 0 radical (unpaired) electrons. The Balaban J connectivity index is 2.88. The van der Waals surface area contributed by atoms with E-state index in [0.717, 1.165) is 0 Å². The molecule has 17 heavy (non-hydrogen) atoms. The van der Waals surface area contributed by atoms with Crippen molar-refractivity contribution in [2.24, 2.45) is 5.92 Å². The quantitative estimate of drug-likeness (QED) is 0.831. The van der Waals surface area contributed by atoms with Crippen LogP contribution in [0.2, 0.25) is 5.15 Å². The molecule has 0 aromatic carbocycles. The Morgan fingerprint density at radius 1 is 1.29 bits per heavy atom. The highest BCUT2D eigenvalue weighted by atomic mass is 35.5. The summed E-state index contributed by atoms with van der Waals surface area (Å²) in [4.78, 5) is 21.9. The van der Waals surface area contributed by atoms with Gasteiger partial charge in [-0.1, -0.05) is 25.4 Å². The predicted octanol–water partition coefficient (Wildman–Crippen LogP) is 2.64. The molecule has 1 amide bonds. The lowest BCUT2D eigenvalue weighted by atomic mass is 10.1. The highest BCUT2D eigenvalue weighted by Crippen LogP contribution is 2.10. The molecule has 0 spiro atoms. The van der Waals surface area contributed by atoms with Crippen molar-refractivity contribution >= 4 is 17.5 Å². The summed E-state index contributed by atoms with van der Waals surface area (Å²) in [5.74, 6) is 0.319. The topological polar surface area (TPSA) is 46.1 Å². The summed E-state index contributed by atoms with van der Waals surface area (Å²) in [5.41, 5.74) is 0.337. The van der Waals surface area contributed by atoms with Crippen molar-refractivity contribution in [1.29, 1.82) is 0 Å². The second kappa shape index (κ2) is 5.96. The first-order chi connectivity index (χ1) is 7.91. The van der Waals surface area contributed by atoms with Gasteiger partial charge >= 0.3 is 0 Å². The van der Waals surface area contributed by atoms with Crippen LogP contribution in [0.4, 0.5) is 0 Å². The Morgan fingerprint density at radius 2 is 1.94 bits per heavy atom. The third kappa shape index (κ3) is 3.97. The third-order valence-corrected chi connectivity index (χ3v) is 2.48. The Hall–Kier alpha value is -1.16. The van der Waals surface area contributed by atoms with Crippen molar-refractivity contribution in [3.8, 4) is 0 Å². The fourth-order valence-electron chi connectivity index (χ4n) is 1.49. The minimum atomic E-state index is -0.0992. The molecule has 0 aliphatic rings. The van der Waals surface area contributed by atoms with E-state index in [4.69, 9.17) is 11.6 Å². The summed E-state index contributed by atoms with van der Waals surface area (Å²) in [6.45, 7) is 8.85. The van der Waals surface area contributed by atoms with Crippen LogP contribution in [0.5, 0.6) is 0 Å². The number of aromatic nitrogens is 2. The van der Waals surface area contributed by atoms with Gasteiger partial charge in [-0.3, -0.25) is 4.79 Å². The molecule has 0 aliphatic carbocycles. The van der Waals surface area contributed by atoms with Gasteiger partial charge < -0.3 is 4.90 Å². The van der Waals surface area contributed by atoms with Crippen molar-refractivity contribution in [3.05, 3.63) is 23.2 Å². The molecule has 1 aromatic rings. The van der Waals surface area contributed by atoms with Crippen LogP contribution in [0, 0.1) is 5.92 Å². The number of rotatable bonds is 4. The van der Waals surface area contributed by atoms with E-state index in [1.54, 1.807) is 4.90 Å². The molecular weight excluding hydrogens is 238 g/mol. The zero-order chi connectivity index (χ0) is 13.0. The standard InChI is InChI=1S/C12H18ClN3O/c1-8(2)7-16(9(3)4)12(17)10-5-15-11(13)6-14-10/h5-6,8-9H,7H2,1-4H3. The average molecular weight is 256 g/mol. The van der Waals surface area contributed by atoms with Gasteiger partial charge in [-0.25, -0.2) is 9.97 Å². The van der Waals surface area contributed by atoms with Gasteiger partial charge in [0.15, 0.2) is 0 Å². The smallest absolute Gasteiger partial charge is 0.274 e. The van der Waals surface area contributed by atoms with Crippen LogP contribution in [-0.4, -0.2) is 33.4 Å². The van der Waals surface area contributed by atoms with Crippen molar-refractivity contribution in [2.75, 3.05) is 6.54 Å². The molecule has 94 valence electrons. The Kier molecular flexibility index (Phi) is 4.87. The summed E-state index contributed by atoms with van der Waals surface area (Å²) in [6.07, 6.45) is 2.81. The molecule has 1 rings (SSSR count). The second-order valence-electron chi connectivity index (χ2n) is 4.67. The molecule has 0 bridgehead atoms. The summed E-state index contributed by atoms with van der Waals surface area (Å²) < 4.78 is 0. The number of amides is 1. The first kappa shape index (κ1) is 13.9. The van der Waals surface area contributed by atoms with E-state index in [1.807, 2.05) is 13.8 Å². The Morgan fingerprint density at radius 3 is 2.35 bits per heavy atom. The van der Waals surface area contributed by atoms with Gasteiger partial charge in [0.25, 0.3) is 5.91 Å². The largest absolute Gasteiger partial charge is 0.335 e. The predicted molar refractivity (Wildman–Crippen MR) is 68.1 cm³/mol. The summed E-state index contributed by atoms with van der Waals surface area (Å²) in [7, 11) is 0. The van der Waals surface area contributed by atoms with E-state index < -0.39 is 0 Å². The van der Waals surface area contributed by atoms with Crippen LogP contribution in [0.3, 0.4) is 0 Å². The maximum Gasteiger partial charge on any atom is 0.274 e. The molecule has 0 aliphatic heterocycles. The molecule has 0 fully saturated rings. The number of hydrogen-bond acceptors (Lipinski definition) is 3. The van der Waals surface area contributed by atoms with Crippen molar-refractivity contribution in [1.82, 2.24) is 14.9 Å². The molecule has 0 saturated heterocycles. The lowest BCUT2D eigenvalue weighted by Crippen LogP contribution is -2.39. The lowest BCUT2D eigenvalue weighted by molar-refractivity contribution is 0.0675. The average Bonchev–Trinajstić information content (AvgIpc) is 2.25. The van der Waals surface area contributed by atoms with E-state index in [1.165, 1.54) is 12.4 Å². The minimum Gasteiger partial charge on any atom is -0.335 e. The van der Waals surface area contributed by atoms with Crippen LogP contribution < -0.4 is 0 Å². The highest BCUT2D eigenvalue weighted by molar-refractivity contribution is 6.29. The number of carbonyl (C=O) groups excluding carboxylic acids is 1. The maximum atomic E-state index is 12.2. The van der Waals surface area contributed by atoms with Crippen molar-refractivity contribution < 1.29 is 4.79 Å². The fourth-order valence-corrected chi connectivity index (χ4v) is 1.59. The van der Waals surface area contributed by atoms with E-state index in [0.29, 0.717) is 23.3 Å². The lowest BCUT2D eigenvalue weighted by Gasteiger charge is -2.28. The fraction of sp³-hybridized carbons (Fsp3) is 0.583. The number of carbonyl (C=O) groups is 1. The molecule has 5 heteroatoms. The molecular formula is C12H18ClN3O. The number of hydrogen-bond donors (Lipinski definition) is 0. The van der Waals surface area contributed by atoms with E-state index in [9.17, 15) is 4.79 Å². The van der Waals surface area contributed by atoms with Gasteiger partial charge in [0.05, 0.1) is 12.4 Å². The van der Waals surface area contributed by atoms with E-state index in [2.05, 4.69) is 23.8 Å². The van der Waals surface area contributed by atoms with Gasteiger partial charge in [-0.05, 0) is 19.8 Å². The van der Waals surface area contributed by atoms with Gasteiger partial charge in [-0.2, -0.15) is 0 Å². The molecule has 0 saturated carbocycles. The van der Waals surface area contributed by atoms with Gasteiger partial charge in [0.1, 0.15) is 10.8 Å². The second-order valence-corrected chi connectivity index (χ2v) is 5.06. The van der Waals surface area contributed by atoms with E-state index >= 15 is 0 Å².